The number of phosphoric acid groups is 1. The van der Waals surface area contributed by atoms with Gasteiger partial charge in [0.05, 0.1) is 0 Å². The topological polar surface area (TPSA) is 86.2 Å². The van der Waals surface area contributed by atoms with Crippen LogP contribution in [-0.2, 0) is 37.3 Å². The van der Waals surface area contributed by atoms with Crippen LogP contribution in [0.4, 0.5) is 0 Å². The van der Waals surface area contributed by atoms with E-state index in [0.29, 0.717) is 0 Å². The first-order valence-corrected chi connectivity index (χ1v) is 2.19. The molecule has 32 valence electrons. The Bertz CT molecular complexity index is 62.2. The molecule has 0 aromatic rings. The van der Waals surface area contributed by atoms with Gasteiger partial charge in [-0.05, 0) is 0 Å². The van der Waals surface area contributed by atoms with E-state index in [1.165, 1.54) is 0 Å². The molecule has 0 aliphatic heterocycles. The van der Waals surface area contributed by atoms with Crippen LogP contribution < -0.4 is 14.7 Å². The normalized spacial score (nSPS) is 7.38. The summed E-state index contributed by atoms with van der Waals surface area (Å²) in [6.45, 7) is 0. The molecular formula is CaO4PSrY+4. The quantitative estimate of drug-likeness (QED) is 0.342. The second-order valence-corrected chi connectivity index (χ2v) is 1.34. The molecule has 0 aliphatic carbocycles. The second kappa shape index (κ2) is 11.0. The van der Waals surface area contributed by atoms with Gasteiger partial charge < -0.3 is 19.2 Å². The Kier molecular flexibility index (Phi) is 31.0. The van der Waals surface area contributed by atoms with Crippen molar-refractivity contribution in [2.75, 3.05) is 0 Å². The van der Waals surface area contributed by atoms with Crippen LogP contribution in [-0.4, -0.2) is 83.2 Å². The van der Waals surface area contributed by atoms with Gasteiger partial charge in [0, 0.05) is 0 Å². The van der Waals surface area contributed by atoms with E-state index in [0.717, 1.165) is 0 Å². The van der Waals surface area contributed by atoms with Gasteiger partial charge in [0.2, 0.25) is 0 Å². The molecule has 0 aliphatic rings. The van der Waals surface area contributed by atoms with Crippen molar-refractivity contribution < 1.29 is 52.0 Å². The minimum absolute atomic E-state index is 0. The molecule has 8 heteroatoms. The van der Waals surface area contributed by atoms with Crippen LogP contribution in [0, 0.1) is 0 Å². The fraction of sp³-hybridized carbons (Fsp3) is 0. The Morgan fingerprint density at radius 3 is 1.12 bits per heavy atom. The molecule has 0 spiro atoms. The van der Waals surface area contributed by atoms with E-state index in [1.807, 2.05) is 0 Å². The molecule has 8 heavy (non-hydrogen) atoms. The molecule has 0 saturated carbocycles. The van der Waals surface area contributed by atoms with Gasteiger partial charge in [0.25, 0.3) is 0 Å². The average molecular weight is 312 g/mol. The molecule has 0 N–H and O–H groups in total. The van der Waals surface area contributed by atoms with Gasteiger partial charge in [-0.3, -0.25) is 0 Å². The van der Waals surface area contributed by atoms with Crippen molar-refractivity contribution >= 4 is 91.0 Å². The van der Waals surface area contributed by atoms with E-state index in [4.69, 9.17) is 19.2 Å². The summed E-state index contributed by atoms with van der Waals surface area (Å²) in [5, 5.41) is 0. The number of hydrogen-bond acceptors (Lipinski definition) is 4. The monoisotopic (exact) mass is 312 g/mol. The van der Waals surface area contributed by atoms with Crippen molar-refractivity contribution in [3.63, 3.8) is 0 Å². The van der Waals surface area contributed by atoms with Gasteiger partial charge in [-0.25, -0.2) is 0 Å². The summed E-state index contributed by atoms with van der Waals surface area (Å²) in [5.41, 5.74) is 0. The van der Waals surface area contributed by atoms with Crippen LogP contribution in [0.5, 0.6) is 0 Å². The Hall–Kier alpha value is 3.95. The van der Waals surface area contributed by atoms with E-state index in [9.17, 15) is 0 Å². The van der Waals surface area contributed by atoms with Gasteiger partial charge >= 0.3 is 116 Å². The summed E-state index contributed by atoms with van der Waals surface area (Å²) in [5.74, 6) is 0. The van der Waals surface area contributed by atoms with Crippen molar-refractivity contribution in [2.45, 2.75) is 0 Å². The summed E-state index contributed by atoms with van der Waals surface area (Å²) in [6.07, 6.45) is 0. The van der Waals surface area contributed by atoms with Crippen molar-refractivity contribution in [1.82, 2.24) is 0 Å². The molecular weight excluding hydrogens is 312 g/mol. The fourth-order valence-electron chi connectivity index (χ4n) is 0. The van der Waals surface area contributed by atoms with E-state index in [2.05, 4.69) is 0 Å². The molecule has 4 nitrogen and oxygen atoms in total. The predicted molar refractivity (Wildman–Crippen MR) is 19.1 cm³/mol. The summed E-state index contributed by atoms with van der Waals surface area (Å²) in [4.78, 5) is 25.6. The standard InChI is InChI=1S/Ca.H3O4P.Sr.Y/c;1-5(2,3)4;;/h;(H3,1,2,3,4);;/q+2;;+2;+3/p-3. The van der Waals surface area contributed by atoms with Crippen LogP contribution in [0.2, 0.25) is 0 Å². The maximum absolute atomic E-state index is 8.55. The predicted octanol–water partition coefficient (Wildman–Crippen LogP) is -3.59. The summed E-state index contributed by atoms with van der Waals surface area (Å²) < 4.78 is 8.55. The zero-order chi connectivity index (χ0) is 4.50. The molecule has 0 unspecified atom stereocenters. The van der Waals surface area contributed by atoms with E-state index < -0.39 is 7.82 Å². The summed E-state index contributed by atoms with van der Waals surface area (Å²) in [6, 6.07) is 0. The molecule has 0 rings (SSSR count). The Morgan fingerprint density at radius 1 is 1.12 bits per heavy atom. The molecule has 0 saturated heterocycles. The third kappa shape index (κ3) is 51.0. The van der Waals surface area contributed by atoms with E-state index in [1.54, 1.807) is 0 Å². The molecule has 0 bridgehead atoms. The maximum Gasteiger partial charge on any atom is 3.00 e. The van der Waals surface area contributed by atoms with Crippen molar-refractivity contribution in [2.24, 2.45) is 0 Å². The molecule has 0 radical (unpaired) electrons. The molecule has 0 heterocycles. The van der Waals surface area contributed by atoms with E-state index in [-0.39, 0.29) is 116 Å². The minimum atomic E-state index is -5.39. The van der Waals surface area contributed by atoms with Gasteiger partial charge in [0.1, 0.15) is 0 Å². The first-order chi connectivity index (χ1) is 2.00. The molecule has 0 aromatic carbocycles. The second-order valence-electron chi connectivity index (χ2n) is 0.447. The largest absolute Gasteiger partial charge is 3.00 e. The molecule has 0 amide bonds. The van der Waals surface area contributed by atoms with Crippen LogP contribution in [0.1, 0.15) is 0 Å². The zero-order valence-electron chi connectivity index (χ0n) is 4.07. The van der Waals surface area contributed by atoms with Crippen molar-refractivity contribution in [3.05, 3.63) is 0 Å². The number of hydrogen-bond donors (Lipinski definition) is 0. The smallest absolute Gasteiger partial charge is 0.822 e. The first kappa shape index (κ1) is 22.7. The van der Waals surface area contributed by atoms with Crippen LogP contribution in [0.15, 0.2) is 0 Å². The molecule has 0 aromatic heterocycles. The summed E-state index contributed by atoms with van der Waals surface area (Å²) in [7, 11) is -5.39. The van der Waals surface area contributed by atoms with Gasteiger partial charge in [0.15, 0.2) is 0 Å². The van der Waals surface area contributed by atoms with Crippen molar-refractivity contribution in [1.29, 1.82) is 0 Å². The SMILES string of the molecule is O=P([O-])([O-])[O-].[Ca+2].[Sr+2].[Y+3]. The third-order valence-corrected chi connectivity index (χ3v) is 0. The average Bonchev–Trinajstić information content (AvgIpc) is 0.722. The van der Waals surface area contributed by atoms with Crippen LogP contribution in [0.3, 0.4) is 0 Å². The minimum Gasteiger partial charge on any atom is -0.822 e. The zero-order valence-corrected chi connectivity index (χ0v) is 13.5. The Balaban J connectivity index is -0.0000000267. The van der Waals surface area contributed by atoms with Crippen molar-refractivity contribution in [3.8, 4) is 0 Å². The van der Waals surface area contributed by atoms with Gasteiger partial charge in [-0.2, -0.15) is 7.82 Å². The fourth-order valence-corrected chi connectivity index (χ4v) is 0. The van der Waals surface area contributed by atoms with Gasteiger partial charge in [-0.1, -0.05) is 0 Å². The first-order valence-electron chi connectivity index (χ1n) is 0.730. The Labute approximate surface area is 139 Å². The van der Waals surface area contributed by atoms with E-state index >= 15 is 0 Å². The number of rotatable bonds is 0. The van der Waals surface area contributed by atoms with Crippen LogP contribution >= 0.6 is 7.82 Å². The maximum atomic E-state index is 8.55. The summed E-state index contributed by atoms with van der Waals surface area (Å²) >= 11 is 0. The molecule has 0 atom stereocenters. The van der Waals surface area contributed by atoms with Crippen LogP contribution in [0.25, 0.3) is 0 Å². The third-order valence-electron chi connectivity index (χ3n) is 0. The Morgan fingerprint density at radius 2 is 1.12 bits per heavy atom. The van der Waals surface area contributed by atoms with Gasteiger partial charge in [-0.15, -0.1) is 0 Å². The molecule has 0 fully saturated rings.